The Morgan fingerprint density at radius 1 is 1.50 bits per heavy atom. The first-order valence-electron chi connectivity index (χ1n) is 5.61. The molecule has 2 N–H and O–H groups in total. The minimum Gasteiger partial charge on any atom is -0.459 e. The molecule has 1 rings (SSSR count). The van der Waals surface area contributed by atoms with Crippen molar-refractivity contribution in [1.82, 2.24) is 0 Å². The molecule has 1 aromatic carbocycles. The van der Waals surface area contributed by atoms with E-state index in [0.29, 0.717) is 10.0 Å². The van der Waals surface area contributed by atoms with Gasteiger partial charge in [-0.25, -0.2) is 4.39 Å². The van der Waals surface area contributed by atoms with Crippen molar-refractivity contribution in [1.29, 1.82) is 0 Å². The molecule has 0 aliphatic carbocycles. The summed E-state index contributed by atoms with van der Waals surface area (Å²) in [6.07, 6.45) is 0.119. The normalized spacial score (nSPS) is 13.2. The molecule has 0 amide bonds. The third kappa shape index (κ3) is 4.74. The lowest BCUT2D eigenvalue weighted by Crippen LogP contribution is -2.39. The summed E-state index contributed by atoms with van der Waals surface area (Å²) >= 11 is 3.17. The van der Waals surface area contributed by atoms with Crippen LogP contribution in [0.3, 0.4) is 0 Å². The van der Waals surface area contributed by atoms with Gasteiger partial charge in [-0.05, 0) is 38.5 Å². The van der Waals surface area contributed by atoms with Crippen LogP contribution in [0.1, 0.15) is 26.3 Å². The Labute approximate surface area is 115 Å². The topological polar surface area (TPSA) is 52.3 Å². The van der Waals surface area contributed by atoms with Gasteiger partial charge < -0.3 is 10.5 Å². The van der Waals surface area contributed by atoms with E-state index in [2.05, 4.69) is 15.9 Å². The summed E-state index contributed by atoms with van der Waals surface area (Å²) in [5.74, 6) is -0.909. The van der Waals surface area contributed by atoms with Gasteiger partial charge >= 0.3 is 5.97 Å². The molecule has 1 aromatic rings. The molecule has 3 nitrogen and oxygen atoms in total. The number of nitrogens with two attached hydrogens (primary N) is 1. The van der Waals surface area contributed by atoms with Crippen molar-refractivity contribution >= 4 is 21.9 Å². The fraction of sp³-hybridized carbons (Fsp3) is 0.462. The van der Waals surface area contributed by atoms with Crippen molar-refractivity contribution in [2.75, 3.05) is 0 Å². The number of ether oxygens (including phenoxy) is 1. The Morgan fingerprint density at radius 2 is 2.11 bits per heavy atom. The molecule has 0 bridgehead atoms. The third-order valence-corrected chi connectivity index (χ3v) is 2.66. The lowest BCUT2D eigenvalue weighted by atomic mass is 10.1. The van der Waals surface area contributed by atoms with Crippen LogP contribution in [0.25, 0.3) is 0 Å². The van der Waals surface area contributed by atoms with Crippen molar-refractivity contribution in [2.24, 2.45) is 5.73 Å². The Hall–Kier alpha value is -0.940. The van der Waals surface area contributed by atoms with E-state index in [-0.39, 0.29) is 12.2 Å². The first-order valence-corrected chi connectivity index (χ1v) is 6.41. The van der Waals surface area contributed by atoms with Crippen LogP contribution in [0.2, 0.25) is 0 Å². The van der Waals surface area contributed by atoms with Gasteiger partial charge in [0.25, 0.3) is 0 Å². The van der Waals surface area contributed by atoms with Gasteiger partial charge in [-0.15, -0.1) is 0 Å². The summed E-state index contributed by atoms with van der Waals surface area (Å²) < 4.78 is 19.4. The first-order chi connectivity index (χ1) is 8.19. The molecule has 0 aliphatic heterocycles. The molecule has 0 unspecified atom stereocenters. The third-order valence-electron chi connectivity index (χ3n) is 2.16. The highest BCUT2D eigenvalue weighted by Crippen LogP contribution is 2.17. The van der Waals surface area contributed by atoms with Gasteiger partial charge in [0.15, 0.2) is 0 Å². The predicted molar refractivity (Wildman–Crippen MR) is 71.6 cm³/mol. The maximum absolute atomic E-state index is 13.6. The average molecular weight is 318 g/mol. The van der Waals surface area contributed by atoms with Crippen LogP contribution in [-0.2, 0) is 16.0 Å². The largest absolute Gasteiger partial charge is 0.459 e. The maximum Gasteiger partial charge on any atom is 0.323 e. The summed E-state index contributed by atoms with van der Waals surface area (Å²) in [6.45, 7) is 5.29. The van der Waals surface area contributed by atoms with E-state index < -0.39 is 17.6 Å². The van der Waals surface area contributed by atoms with Crippen molar-refractivity contribution in [3.8, 4) is 0 Å². The summed E-state index contributed by atoms with van der Waals surface area (Å²) in [6, 6.07) is 3.79. The first kappa shape index (κ1) is 15.1. The minimum atomic E-state index is -0.861. The number of rotatable bonds is 3. The molecule has 18 heavy (non-hydrogen) atoms. The standard InChI is InChI=1S/C13H17BrFNO2/c1-13(2,3)18-12(17)11(16)6-8-4-5-9(14)7-10(8)15/h4-5,7,11H,6,16H2,1-3H3/t11-/m0/s1. The predicted octanol–water partition coefficient (Wildman–Crippen LogP) is 2.80. The molecular formula is C13H17BrFNO2. The monoisotopic (exact) mass is 317 g/mol. The summed E-state index contributed by atoms with van der Waals surface area (Å²) in [5, 5.41) is 0. The van der Waals surface area contributed by atoms with Crippen LogP contribution < -0.4 is 5.73 Å². The van der Waals surface area contributed by atoms with Gasteiger partial charge in [-0.2, -0.15) is 0 Å². The number of benzene rings is 1. The molecule has 5 heteroatoms. The maximum atomic E-state index is 13.6. The fourth-order valence-electron chi connectivity index (χ4n) is 1.38. The zero-order valence-corrected chi connectivity index (χ0v) is 12.3. The average Bonchev–Trinajstić information content (AvgIpc) is 2.19. The van der Waals surface area contributed by atoms with Crippen LogP contribution in [0, 0.1) is 5.82 Å². The molecule has 0 aromatic heterocycles. The van der Waals surface area contributed by atoms with Gasteiger partial charge in [-0.1, -0.05) is 22.0 Å². The molecule has 1 atom stereocenters. The Kier molecular flexibility index (Phi) is 4.87. The Balaban J connectivity index is 2.69. The van der Waals surface area contributed by atoms with Crippen LogP contribution in [0.4, 0.5) is 4.39 Å². The number of hydrogen-bond donors (Lipinski definition) is 1. The number of carbonyl (C=O) groups excluding carboxylic acids is 1. The summed E-state index contributed by atoms with van der Waals surface area (Å²) in [4.78, 5) is 11.7. The van der Waals surface area contributed by atoms with Gasteiger partial charge in [0.05, 0.1) is 0 Å². The second-order valence-corrected chi connectivity index (χ2v) is 6.00. The summed E-state index contributed by atoms with van der Waals surface area (Å²) in [7, 11) is 0. The molecule has 0 fully saturated rings. The van der Waals surface area contributed by atoms with Crippen LogP contribution in [0.5, 0.6) is 0 Å². The second kappa shape index (κ2) is 5.80. The second-order valence-electron chi connectivity index (χ2n) is 5.08. The van der Waals surface area contributed by atoms with Gasteiger partial charge in [0.2, 0.25) is 0 Å². The SMILES string of the molecule is CC(C)(C)OC(=O)[C@@H](N)Cc1ccc(Br)cc1F. The zero-order valence-electron chi connectivity index (χ0n) is 10.7. The molecule has 0 saturated heterocycles. The summed E-state index contributed by atoms with van der Waals surface area (Å²) in [5.41, 5.74) is 5.52. The molecule has 100 valence electrons. The molecule has 0 radical (unpaired) electrons. The molecule has 0 heterocycles. The van der Waals surface area contributed by atoms with Crippen LogP contribution in [0.15, 0.2) is 22.7 Å². The van der Waals surface area contributed by atoms with Crippen LogP contribution in [-0.4, -0.2) is 17.6 Å². The van der Waals surface area contributed by atoms with Crippen molar-refractivity contribution < 1.29 is 13.9 Å². The highest BCUT2D eigenvalue weighted by Gasteiger charge is 2.23. The highest BCUT2D eigenvalue weighted by molar-refractivity contribution is 9.10. The highest BCUT2D eigenvalue weighted by atomic mass is 79.9. The van der Waals surface area contributed by atoms with E-state index >= 15 is 0 Å². The van der Waals surface area contributed by atoms with Gasteiger partial charge in [0, 0.05) is 10.9 Å². The van der Waals surface area contributed by atoms with E-state index in [1.54, 1.807) is 32.9 Å². The van der Waals surface area contributed by atoms with Gasteiger partial charge in [0.1, 0.15) is 17.5 Å². The lowest BCUT2D eigenvalue weighted by Gasteiger charge is -2.22. The number of hydrogen-bond acceptors (Lipinski definition) is 3. The number of esters is 1. The smallest absolute Gasteiger partial charge is 0.323 e. The number of carbonyl (C=O) groups is 1. The molecule has 0 saturated carbocycles. The zero-order chi connectivity index (χ0) is 13.9. The molecule has 0 spiro atoms. The van der Waals surface area contributed by atoms with E-state index in [9.17, 15) is 9.18 Å². The van der Waals surface area contributed by atoms with E-state index in [0.717, 1.165) is 0 Å². The van der Waals surface area contributed by atoms with E-state index in [1.165, 1.54) is 6.07 Å². The Morgan fingerprint density at radius 3 is 2.61 bits per heavy atom. The fourth-order valence-corrected chi connectivity index (χ4v) is 1.72. The minimum absolute atomic E-state index is 0.119. The van der Waals surface area contributed by atoms with Crippen LogP contribution >= 0.6 is 15.9 Å². The van der Waals surface area contributed by atoms with Gasteiger partial charge in [-0.3, -0.25) is 4.79 Å². The van der Waals surface area contributed by atoms with Crippen molar-refractivity contribution in [3.63, 3.8) is 0 Å². The quantitative estimate of drug-likeness (QED) is 0.872. The molecular weight excluding hydrogens is 301 g/mol. The van der Waals surface area contributed by atoms with Crippen molar-refractivity contribution in [2.45, 2.75) is 38.8 Å². The van der Waals surface area contributed by atoms with E-state index in [1.807, 2.05) is 0 Å². The van der Waals surface area contributed by atoms with E-state index in [4.69, 9.17) is 10.5 Å². The molecule has 0 aliphatic rings. The number of halogens is 2. The van der Waals surface area contributed by atoms with Crippen molar-refractivity contribution in [3.05, 3.63) is 34.1 Å². The lowest BCUT2D eigenvalue weighted by molar-refractivity contribution is -0.156. The Bertz CT molecular complexity index is 443.